The smallest absolute Gasteiger partial charge is 0.227 e. The van der Waals surface area contributed by atoms with E-state index in [2.05, 4.69) is 10.2 Å². The van der Waals surface area contributed by atoms with Crippen LogP contribution in [0.15, 0.2) is 42.5 Å². The number of halogens is 2. The molecule has 0 saturated heterocycles. The first kappa shape index (κ1) is 19.6. The van der Waals surface area contributed by atoms with Crippen molar-refractivity contribution in [1.29, 1.82) is 0 Å². The lowest BCUT2D eigenvalue weighted by atomic mass is 10.1. The van der Waals surface area contributed by atoms with Crippen molar-refractivity contribution in [1.82, 2.24) is 4.90 Å². The Balaban J connectivity index is 1.77. The van der Waals surface area contributed by atoms with Crippen LogP contribution in [0.25, 0.3) is 0 Å². The molecule has 2 aromatic carbocycles. The summed E-state index contributed by atoms with van der Waals surface area (Å²) in [6.07, 6.45) is 1.21. The number of hydrogen-bond donors (Lipinski definition) is 1. The van der Waals surface area contributed by atoms with Gasteiger partial charge in [-0.2, -0.15) is 0 Å². The van der Waals surface area contributed by atoms with Crippen LogP contribution in [0.5, 0.6) is 5.75 Å². The SMILES string of the molecule is CN(C)CCc1ccc(NC(=O)CCOc2cccc(Cl)c2Cl)cc1. The van der Waals surface area contributed by atoms with Crippen molar-refractivity contribution in [2.24, 2.45) is 0 Å². The second-order valence-corrected chi connectivity index (χ2v) is 6.73. The molecule has 0 fully saturated rings. The van der Waals surface area contributed by atoms with Gasteiger partial charge in [0.05, 0.1) is 18.1 Å². The predicted molar refractivity (Wildman–Crippen MR) is 104 cm³/mol. The Kier molecular flexibility index (Phi) is 7.56. The van der Waals surface area contributed by atoms with E-state index in [1.54, 1.807) is 18.2 Å². The highest BCUT2D eigenvalue weighted by molar-refractivity contribution is 6.42. The number of nitrogens with one attached hydrogen (secondary N) is 1. The van der Waals surface area contributed by atoms with Gasteiger partial charge in [0.1, 0.15) is 10.8 Å². The number of carbonyl (C=O) groups is 1. The number of anilines is 1. The molecule has 0 spiro atoms. The minimum atomic E-state index is -0.112. The highest BCUT2D eigenvalue weighted by atomic mass is 35.5. The molecule has 0 atom stereocenters. The minimum Gasteiger partial charge on any atom is -0.491 e. The van der Waals surface area contributed by atoms with E-state index in [4.69, 9.17) is 27.9 Å². The van der Waals surface area contributed by atoms with Crippen molar-refractivity contribution in [3.63, 3.8) is 0 Å². The first-order valence-electron chi connectivity index (χ1n) is 8.06. The molecule has 4 nitrogen and oxygen atoms in total. The maximum atomic E-state index is 12.0. The zero-order valence-corrected chi connectivity index (χ0v) is 15.9. The molecular weight excluding hydrogens is 359 g/mol. The van der Waals surface area contributed by atoms with Gasteiger partial charge in [0.25, 0.3) is 0 Å². The molecule has 134 valence electrons. The molecule has 0 aliphatic carbocycles. The van der Waals surface area contributed by atoms with Crippen LogP contribution in [0, 0.1) is 0 Å². The number of hydrogen-bond acceptors (Lipinski definition) is 3. The fraction of sp³-hybridized carbons (Fsp3) is 0.316. The van der Waals surface area contributed by atoms with Gasteiger partial charge in [0, 0.05) is 12.2 Å². The molecule has 0 unspecified atom stereocenters. The molecule has 0 aliphatic rings. The second-order valence-electron chi connectivity index (χ2n) is 5.95. The number of ether oxygens (including phenoxy) is 1. The summed E-state index contributed by atoms with van der Waals surface area (Å²) >= 11 is 12.0. The summed E-state index contributed by atoms with van der Waals surface area (Å²) in [7, 11) is 4.10. The Hall–Kier alpha value is -1.75. The van der Waals surface area contributed by atoms with Crippen LogP contribution in [-0.4, -0.2) is 38.1 Å². The maximum Gasteiger partial charge on any atom is 0.227 e. The maximum absolute atomic E-state index is 12.0. The lowest BCUT2D eigenvalue weighted by Crippen LogP contribution is -2.16. The Labute approximate surface area is 158 Å². The predicted octanol–water partition coefficient (Wildman–Crippen LogP) is 4.51. The summed E-state index contributed by atoms with van der Waals surface area (Å²) in [5, 5.41) is 3.65. The van der Waals surface area contributed by atoms with Gasteiger partial charge in [-0.25, -0.2) is 0 Å². The van der Waals surface area contributed by atoms with Crippen LogP contribution >= 0.6 is 23.2 Å². The van der Waals surface area contributed by atoms with Crippen LogP contribution in [0.1, 0.15) is 12.0 Å². The van der Waals surface area contributed by atoms with E-state index in [-0.39, 0.29) is 18.9 Å². The Bertz CT molecular complexity index is 703. The van der Waals surface area contributed by atoms with E-state index in [1.807, 2.05) is 38.4 Å². The van der Waals surface area contributed by atoms with Gasteiger partial charge >= 0.3 is 0 Å². The highest BCUT2D eigenvalue weighted by Gasteiger charge is 2.07. The second kappa shape index (κ2) is 9.66. The summed E-state index contributed by atoms with van der Waals surface area (Å²) in [4.78, 5) is 14.1. The molecule has 0 aliphatic heterocycles. The molecule has 25 heavy (non-hydrogen) atoms. The van der Waals surface area contributed by atoms with E-state index >= 15 is 0 Å². The molecular formula is C19H22Cl2N2O2. The lowest BCUT2D eigenvalue weighted by Gasteiger charge is -2.11. The zero-order valence-electron chi connectivity index (χ0n) is 14.4. The van der Waals surface area contributed by atoms with Gasteiger partial charge in [-0.05, 0) is 50.3 Å². The van der Waals surface area contributed by atoms with E-state index in [9.17, 15) is 4.79 Å². The van der Waals surface area contributed by atoms with Crippen LogP contribution in [0.4, 0.5) is 5.69 Å². The van der Waals surface area contributed by atoms with Gasteiger partial charge in [-0.3, -0.25) is 4.79 Å². The molecule has 0 saturated carbocycles. The third-order valence-corrected chi connectivity index (χ3v) is 4.39. The molecule has 0 bridgehead atoms. The van der Waals surface area contributed by atoms with E-state index in [0.29, 0.717) is 15.8 Å². The normalized spacial score (nSPS) is 10.8. The monoisotopic (exact) mass is 380 g/mol. The van der Waals surface area contributed by atoms with Crippen molar-refractivity contribution >= 4 is 34.8 Å². The standard InChI is InChI=1S/C19H22Cl2N2O2/c1-23(2)12-10-14-6-8-15(9-7-14)22-18(24)11-13-25-17-5-3-4-16(20)19(17)21/h3-9H,10-13H2,1-2H3,(H,22,24). The third kappa shape index (κ3) is 6.58. The van der Waals surface area contributed by atoms with Gasteiger partial charge in [-0.15, -0.1) is 0 Å². The van der Waals surface area contributed by atoms with Gasteiger partial charge in [0.2, 0.25) is 5.91 Å². The average Bonchev–Trinajstić information content (AvgIpc) is 2.58. The molecule has 1 amide bonds. The molecule has 2 aromatic rings. The number of likely N-dealkylation sites (N-methyl/N-ethyl adjacent to an activating group) is 1. The Morgan fingerprint density at radius 2 is 1.84 bits per heavy atom. The van der Waals surface area contributed by atoms with Crippen molar-refractivity contribution in [2.75, 3.05) is 32.6 Å². The van der Waals surface area contributed by atoms with Crippen LogP contribution in [0.3, 0.4) is 0 Å². The fourth-order valence-corrected chi connectivity index (χ4v) is 2.53. The third-order valence-electron chi connectivity index (χ3n) is 3.59. The highest BCUT2D eigenvalue weighted by Crippen LogP contribution is 2.31. The number of carbonyl (C=O) groups excluding carboxylic acids is 1. The van der Waals surface area contributed by atoms with Crippen molar-refractivity contribution in [3.05, 3.63) is 58.1 Å². The zero-order chi connectivity index (χ0) is 18.2. The first-order valence-corrected chi connectivity index (χ1v) is 8.81. The quantitative estimate of drug-likeness (QED) is 0.732. The number of nitrogens with zero attached hydrogens (tertiary/aromatic N) is 1. The molecule has 2 rings (SSSR count). The number of amides is 1. The summed E-state index contributed by atoms with van der Waals surface area (Å²) < 4.78 is 5.52. The van der Waals surface area contributed by atoms with Gasteiger partial charge in [-0.1, -0.05) is 41.4 Å². The molecule has 1 N–H and O–H groups in total. The molecule has 0 heterocycles. The molecule has 6 heteroatoms. The number of rotatable bonds is 8. The summed E-state index contributed by atoms with van der Waals surface area (Å²) in [6, 6.07) is 13.0. The summed E-state index contributed by atoms with van der Waals surface area (Å²) in [6.45, 7) is 1.22. The summed E-state index contributed by atoms with van der Waals surface area (Å²) in [5.41, 5.74) is 2.02. The van der Waals surface area contributed by atoms with Gasteiger partial charge < -0.3 is 15.0 Å². The van der Waals surface area contributed by atoms with Crippen molar-refractivity contribution in [2.45, 2.75) is 12.8 Å². The van der Waals surface area contributed by atoms with Crippen molar-refractivity contribution in [3.8, 4) is 5.75 Å². The largest absolute Gasteiger partial charge is 0.491 e. The molecule has 0 radical (unpaired) electrons. The van der Waals surface area contributed by atoms with E-state index < -0.39 is 0 Å². The lowest BCUT2D eigenvalue weighted by molar-refractivity contribution is -0.116. The van der Waals surface area contributed by atoms with E-state index in [0.717, 1.165) is 18.7 Å². The topological polar surface area (TPSA) is 41.6 Å². The number of benzene rings is 2. The van der Waals surface area contributed by atoms with Crippen LogP contribution in [0.2, 0.25) is 10.0 Å². The Morgan fingerprint density at radius 1 is 1.12 bits per heavy atom. The molecule has 0 aromatic heterocycles. The van der Waals surface area contributed by atoms with E-state index in [1.165, 1.54) is 5.56 Å². The first-order chi connectivity index (χ1) is 12.0. The Morgan fingerprint density at radius 3 is 2.52 bits per heavy atom. The van der Waals surface area contributed by atoms with Crippen molar-refractivity contribution < 1.29 is 9.53 Å². The average molecular weight is 381 g/mol. The van der Waals surface area contributed by atoms with Gasteiger partial charge in [0.15, 0.2) is 0 Å². The minimum absolute atomic E-state index is 0.112. The summed E-state index contributed by atoms with van der Waals surface area (Å²) in [5.74, 6) is 0.367. The fourth-order valence-electron chi connectivity index (χ4n) is 2.18. The van der Waals surface area contributed by atoms with Crippen LogP contribution < -0.4 is 10.1 Å². The van der Waals surface area contributed by atoms with Crippen LogP contribution in [-0.2, 0) is 11.2 Å².